The molecule has 1 aromatic heterocycles. The van der Waals surface area contributed by atoms with E-state index in [4.69, 9.17) is 0 Å². The number of amides is 1. The number of carbonyl (C=O) groups excluding carboxylic acids is 1. The minimum Gasteiger partial charge on any atom is -0.356 e. The van der Waals surface area contributed by atoms with Crippen molar-refractivity contribution >= 4 is 17.2 Å². The molecule has 1 N–H and O–H groups in total. The van der Waals surface area contributed by atoms with Gasteiger partial charge in [-0.15, -0.1) is 11.3 Å². The van der Waals surface area contributed by atoms with Crippen molar-refractivity contribution in [2.75, 3.05) is 6.54 Å². The lowest BCUT2D eigenvalue weighted by Gasteiger charge is -2.01. The summed E-state index contributed by atoms with van der Waals surface area (Å²) in [6.07, 6.45) is 1.28. The lowest BCUT2D eigenvalue weighted by Crippen LogP contribution is -2.25. The number of nitrogens with one attached hydrogen (secondary N) is 1. The molecule has 106 valence electrons. The second-order valence-corrected chi connectivity index (χ2v) is 5.64. The molecule has 0 radical (unpaired) electrons. The summed E-state index contributed by atoms with van der Waals surface area (Å²) < 4.78 is 12.9. The third kappa shape index (κ3) is 3.63. The number of rotatable bonds is 5. The number of hydrogen-bond acceptors (Lipinski definition) is 3. The lowest BCUT2D eigenvalue weighted by atomic mass is 10.2. The van der Waals surface area contributed by atoms with Gasteiger partial charge < -0.3 is 5.32 Å². The summed E-state index contributed by atoms with van der Waals surface area (Å²) in [5, 5.41) is 3.68. The Morgan fingerprint density at radius 3 is 2.70 bits per heavy atom. The number of thiazole rings is 1. The van der Waals surface area contributed by atoms with E-state index in [0.717, 1.165) is 27.6 Å². The van der Waals surface area contributed by atoms with E-state index >= 15 is 0 Å². The van der Waals surface area contributed by atoms with Crippen molar-refractivity contribution in [1.29, 1.82) is 0 Å². The molecule has 0 atom stereocenters. The summed E-state index contributed by atoms with van der Waals surface area (Å²) >= 11 is 1.49. The fraction of sp³-hybridized carbons (Fsp3) is 0.333. The van der Waals surface area contributed by atoms with Crippen LogP contribution in [0.4, 0.5) is 4.39 Å². The molecule has 0 saturated heterocycles. The molecule has 2 rings (SSSR count). The van der Waals surface area contributed by atoms with Gasteiger partial charge in [0.1, 0.15) is 10.8 Å². The van der Waals surface area contributed by atoms with Crippen LogP contribution >= 0.6 is 11.3 Å². The van der Waals surface area contributed by atoms with Crippen molar-refractivity contribution in [3.63, 3.8) is 0 Å². The minimum absolute atomic E-state index is 0.0178. The van der Waals surface area contributed by atoms with Gasteiger partial charge in [0.05, 0.1) is 12.1 Å². The smallest absolute Gasteiger partial charge is 0.225 e. The highest BCUT2D eigenvalue weighted by Crippen LogP contribution is 2.28. The van der Waals surface area contributed by atoms with Gasteiger partial charge in [-0.3, -0.25) is 4.79 Å². The quantitative estimate of drug-likeness (QED) is 0.918. The topological polar surface area (TPSA) is 42.0 Å². The zero-order chi connectivity index (χ0) is 14.5. The monoisotopic (exact) mass is 292 g/mol. The number of hydrogen-bond donors (Lipinski definition) is 1. The fourth-order valence-corrected chi connectivity index (χ4v) is 2.85. The molecule has 2 aromatic rings. The molecule has 1 aromatic carbocycles. The number of aryl methyl sites for hydroxylation is 1. The summed E-state index contributed by atoms with van der Waals surface area (Å²) in [5.41, 5.74) is 1.74. The van der Waals surface area contributed by atoms with Gasteiger partial charge in [-0.1, -0.05) is 6.92 Å². The number of carbonyl (C=O) groups is 1. The van der Waals surface area contributed by atoms with Crippen molar-refractivity contribution in [3.8, 4) is 10.6 Å². The van der Waals surface area contributed by atoms with Crippen molar-refractivity contribution in [3.05, 3.63) is 40.7 Å². The molecule has 1 amide bonds. The highest BCUT2D eigenvalue weighted by atomic mass is 32.1. The summed E-state index contributed by atoms with van der Waals surface area (Å²) in [7, 11) is 0. The molecule has 0 saturated carbocycles. The van der Waals surface area contributed by atoms with Gasteiger partial charge in [0.15, 0.2) is 0 Å². The standard InChI is InChI=1S/C15H17FN2OS/c1-3-8-17-14(19)9-13-10(2)18-15(20-13)11-4-6-12(16)7-5-11/h4-7H,3,8-9H2,1-2H3,(H,17,19). The van der Waals surface area contributed by atoms with E-state index in [9.17, 15) is 9.18 Å². The van der Waals surface area contributed by atoms with Crippen LogP contribution in [0, 0.1) is 12.7 Å². The van der Waals surface area contributed by atoms with Crippen molar-refractivity contribution in [1.82, 2.24) is 10.3 Å². The van der Waals surface area contributed by atoms with Crippen LogP contribution < -0.4 is 5.32 Å². The molecule has 0 fully saturated rings. The molecule has 3 nitrogen and oxygen atoms in total. The van der Waals surface area contributed by atoms with Crippen LogP contribution in [-0.2, 0) is 11.2 Å². The van der Waals surface area contributed by atoms with Crippen molar-refractivity contribution in [2.24, 2.45) is 0 Å². The van der Waals surface area contributed by atoms with Crippen molar-refractivity contribution < 1.29 is 9.18 Å². The van der Waals surface area contributed by atoms with Crippen LogP contribution in [-0.4, -0.2) is 17.4 Å². The van der Waals surface area contributed by atoms with E-state index in [1.807, 2.05) is 13.8 Å². The average Bonchev–Trinajstić information content (AvgIpc) is 2.78. The van der Waals surface area contributed by atoms with Crippen LogP contribution in [0.25, 0.3) is 10.6 Å². The third-order valence-corrected chi connectivity index (χ3v) is 4.08. The zero-order valence-corrected chi connectivity index (χ0v) is 12.4. The van der Waals surface area contributed by atoms with E-state index < -0.39 is 0 Å². The fourth-order valence-electron chi connectivity index (χ4n) is 1.78. The summed E-state index contributed by atoms with van der Waals surface area (Å²) in [5.74, 6) is -0.245. The van der Waals surface area contributed by atoms with Crippen LogP contribution in [0.1, 0.15) is 23.9 Å². The largest absolute Gasteiger partial charge is 0.356 e. The van der Waals surface area contributed by atoms with E-state index in [1.54, 1.807) is 12.1 Å². The summed E-state index contributed by atoms with van der Waals surface area (Å²) in [6.45, 7) is 4.61. The van der Waals surface area contributed by atoms with E-state index in [0.29, 0.717) is 13.0 Å². The molecule has 20 heavy (non-hydrogen) atoms. The van der Waals surface area contributed by atoms with Crippen LogP contribution in [0.3, 0.4) is 0 Å². The SMILES string of the molecule is CCCNC(=O)Cc1sc(-c2ccc(F)cc2)nc1C. The lowest BCUT2D eigenvalue weighted by molar-refractivity contribution is -0.120. The van der Waals surface area contributed by atoms with Gasteiger partial charge in [0.25, 0.3) is 0 Å². The first kappa shape index (κ1) is 14.7. The third-order valence-electron chi connectivity index (χ3n) is 2.88. The highest BCUT2D eigenvalue weighted by Gasteiger charge is 2.12. The van der Waals surface area contributed by atoms with Crippen molar-refractivity contribution in [2.45, 2.75) is 26.7 Å². The zero-order valence-electron chi connectivity index (χ0n) is 11.6. The summed E-state index contributed by atoms with van der Waals surface area (Å²) in [4.78, 5) is 17.1. The number of halogens is 1. The highest BCUT2D eigenvalue weighted by molar-refractivity contribution is 7.15. The van der Waals surface area contributed by atoms with Gasteiger partial charge in [0, 0.05) is 17.0 Å². The van der Waals surface area contributed by atoms with Crippen LogP contribution in [0.15, 0.2) is 24.3 Å². The van der Waals surface area contributed by atoms with Gasteiger partial charge in [-0.2, -0.15) is 0 Å². The average molecular weight is 292 g/mol. The Labute approximate surface area is 121 Å². The molecule has 0 aliphatic heterocycles. The van der Waals surface area contributed by atoms with Gasteiger partial charge in [-0.05, 0) is 37.6 Å². The Morgan fingerprint density at radius 2 is 2.05 bits per heavy atom. The normalized spacial score (nSPS) is 10.6. The van der Waals surface area contributed by atoms with Gasteiger partial charge in [-0.25, -0.2) is 9.37 Å². The first-order valence-electron chi connectivity index (χ1n) is 6.59. The molecule has 5 heteroatoms. The van der Waals surface area contributed by atoms with Crippen LogP contribution in [0.2, 0.25) is 0 Å². The minimum atomic E-state index is -0.263. The predicted octanol–water partition coefficient (Wildman–Crippen LogP) is 3.33. The molecule has 0 aliphatic carbocycles. The molecule has 0 unspecified atom stereocenters. The number of benzene rings is 1. The first-order valence-corrected chi connectivity index (χ1v) is 7.40. The summed E-state index contributed by atoms with van der Waals surface area (Å²) in [6, 6.07) is 6.24. The Bertz CT molecular complexity index is 592. The van der Waals surface area contributed by atoms with Gasteiger partial charge >= 0.3 is 0 Å². The second-order valence-electron chi connectivity index (χ2n) is 4.56. The van der Waals surface area contributed by atoms with E-state index in [1.165, 1.54) is 23.5 Å². The number of nitrogens with zero attached hydrogens (tertiary/aromatic N) is 1. The van der Waals surface area contributed by atoms with Gasteiger partial charge in [0.2, 0.25) is 5.91 Å². The maximum Gasteiger partial charge on any atom is 0.225 e. The van der Waals surface area contributed by atoms with Crippen LogP contribution in [0.5, 0.6) is 0 Å². The predicted molar refractivity (Wildman–Crippen MR) is 79.2 cm³/mol. The molecule has 1 heterocycles. The maximum absolute atomic E-state index is 12.9. The first-order chi connectivity index (χ1) is 9.60. The molecular formula is C15H17FN2OS. The Morgan fingerprint density at radius 1 is 1.35 bits per heavy atom. The van der Waals surface area contributed by atoms with E-state index in [-0.39, 0.29) is 11.7 Å². The second kappa shape index (κ2) is 6.61. The maximum atomic E-state index is 12.9. The number of aromatic nitrogens is 1. The molecular weight excluding hydrogens is 275 g/mol. The molecule has 0 aliphatic rings. The molecule has 0 bridgehead atoms. The van der Waals surface area contributed by atoms with E-state index in [2.05, 4.69) is 10.3 Å². The Kier molecular flexibility index (Phi) is 4.84. The Hall–Kier alpha value is -1.75. The Balaban J connectivity index is 2.13. The molecule has 0 spiro atoms.